The van der Waals surface area contributed by atoms with Gasteiger partial charge in [0.1, 0.15) is 5.75 Å². The normalized spacial score (nSPS) is 10.1. The van der Waals surface area contributed by atoms with Crippen LogP contribution in [-0.2, 0) is 0 Å². The Hall–Kier alpha value is -3.58. The van der Waals surface area contributed by atoms with E-state index in [1.54, 1.807) is 43.5 Å². The van der Waals surface area contributed by atoms with E-state index in [0.717, 1.165) is 11.1 Å². The second kappa shape index (κ2) is 6.90. The Bertz CT molecular complexity index is 973. The Labute approximate surface area is 146 Å². The van der Waals surface area contributed by atoms with Crippen LogP contribution in [0.25, 0.3) is 11.1 Å². The zero-order chi connectivity index (χ0) is 17.8. The van der Waals surface area contributed by atoms with Gasteiger partial charge in [0.15, 0.2) is 5.78 Å². The van der Waals surface area contributed by atoms with Crippen molar-refractivity contribution in [1.29, 1.82) is 5.26 Å². The Kier molecular flexibility index (Phi) is 4.49. The van der Waals surface area contributed by atoms with Gasteiger partial charge in [-0.25, -0.2) is 0 Å². The maximum Gasteiger partial charge on any atom is 0.195 e. The SMILES string of the molecule is COc1cc(C#N)cc(-c2ccc(C(=O)c3ccccc3)c(N)c2)c1. The average Bonchev–Trinajstić information content (AvgIpc) is 2.67. The summed E-state index contributed by atoms with van der Waals surface area (Å²) in [6, 6.07) is 21.7. The molecule has 0 saturated carbocycles. The van der Waals surface area contributed by atoms with Crippen molar-refractivity contribution in [1.82, 2.24) is 0 Å². The van der Waals surface area contributed by atoms with E-state index in [1.807, 2.05) is 30.3 Å². The van der Waals surface area contributed by atoms with E-state index in [-0.39, 0.29) is 5.78 Å². The van der Waals surface area contributed by atoms with E-state index in [9.17, 15) is 4.79 Å². The summed E-state index contributed by atoms with van der Waals surface area (Å²) in [7, 11) is 1.55. The number of anilines is 1. The molecule has 122 valence electrons. The van der Waals surface area contributed by atoms with Crippen LogP contribution in [0.4, 0.5) is 5.69 Å². The maximum atomic E-state index is 12.6. The number of nitrogens with zero attached hydrogens (tertiary/aromatic N) is 1. The number of carbonyl (C=O) groups is 1. The van der Waals surface area contributed by atoms with Crippen molar-refractivity contribution in [2.75, 3.05) is 12.8 Å². The fourth-order valence-corrected chi connectivity index (χ4v) is 2.64. The lowest BCUT2D eigenvalue weighted by atomic mass is 9.97. The molecule has 0 aliphatic rings. The molecule has 0 spiro atoms. The molecular weight excluding hydrogens is 312 g/mol. The molecular formula is C21H16N2O2. The van der Waals surface area contributed by atoms with Crippen molar-refractivity contribution in [3.63, 3.8) is 0 Å². The summed E-state index contributed by atoms with van der Waals surface area (Å²) in [6.07, 6.45) is 0. The van der Waals surface area contributed by atoms with E-state index in [0.29, 0.717) is 28.1 Å². The van der Waals surface area contributed by atoms with E-state index in [4.69, 9.17) is 15.7 Å². The second-order valence-electron chi connectivity index (χ2n) is 5.56. The number of hydrogen-bond acceptors (Lipinski definition) is 4. The zero-order valence-corrected chi connectivity index (χ0v) is 13.7. The number of ketones is 1. The van der Waals surface area contributed by atoms with Crippen LogP contribution in [0.15, 0.2) is 66.7 Å². The molecule has 0 fully saturated rings. The lowest BCUT2D eigenvalue weighted by Gasteiger charge is -2.10. The van der Waals surface area contributed by atoms with E-state index in [1.165, 1.54) is 0 Å². The molecule has 25 heavy (non-hydrogen) atoms. The molecule has 3 aromatic carbocycles. The van der Waals surface area contributed by atoms with E-state index < -0.39 is 0 Å². The van der Waals surface area contributed by atoms with Crippen molar-refractivity contribution in [3.05, 3.63) is 83.4 Å². The molecule has 0 heterocycles. The van der Waals surface area contributed by atoms with E-state index in [2.05, 4.69) is 6.07 Å². The van der Waals surface area contributed by atoms with Gasteiger partial charge in [-0.3, -0.25) is 4.79 Å². The second-order valence-corrected chi connectivity index (χ2v) is 5.56. The summed E-state index contributed by atoms with van der Waals surface area (Å²) in [5.74, 6) is 0.477. The Morgan fingerprint density at radius 2 is 1.76 bits per heavy atom. The minimum atomic E-state index is -0.118. The highest BCUT2D eigenvalue weighted by molar-refractivity contribution is 6.12. The van der Waals surface area contributed by atoms with Gasteiger partial charge in [0.05, 0.1) is 18.7 Å². The molecule has 4 nitrogen and oxygen atoms in total. The molecule has 0 bridgehead atoms. The van der Waals surface area contributed by atoms with Crippen molar-refractivity contribution in [2.45, 2.75) is 0 Å². The number of rotatable bonds is 4. The molecule has 0 radical (unpaired) electrons. The number of methoxy groups -OCH3 is 1. The summed E-state index contributed by atoms with van der Waals surface area (Å²) in [6.45, 7) is 0. The molecule has 0 atom stereocenters. The summed E-state index contributed by atoms with van der Waals surface area (Å²) in [5.41, 5.74) is 9.69. The van der Waals surface area contributed by atoms with Crippen molar-refractivity contribution in [2.24, 2.45) is 0 Å². The van der Waals surface area contributed by atoms with Gasteiger partial charge >= 0.3 is 0 Å². The molecule has 3 aromatic rings. The highest BCUT2D eigenvalue weighted by Crippen LogP contribution is 2.29. The number of nitrogen functional groups attached to an aromatic ring is 1. The van der Waals surface area contributed by atoms with Gasteiger partial charge in [-0.1, -0.05) is 36.4 Å². The van der Waals surface area contributed by atoms with Crippen molar-refractivity contribution >= 4 is 11.5 Å². The van der Waals surface area contributed by atoms with Crippen molar-refractivity contribution in [3.8, 4) is 22.9 Å². The summed E-state index contributed by atoms with van der Waals surface area (Å²) < 4.78 is 5.23. The third-order valence-electron chi connectivity index (χ3n) is 3.94. The topological polar surface area (TPSA) is 76.1 Å². The van der Waals surface area contributed by atoms with Gasteiger partial charge in [0, 0.05) is 16.8 Å². The van der Waals surface area contributed by atoms with Crippen LogP contribution in [0, 0.1) is 11.3 Å². The predicted octanol–water partition coefficient (Wildman–Crippen LogP) is 4.05. The van der Waals surface area contributed by atoms with Crippen LogP contribution >= 0.6 is 0 Å². The van der Waals surface area contributed by atoms with Crippen LogP contribution < -0.4 is 10.5 Å². The molecule has 4 heteroatoms. The van der Waals surface area contributed by atoms with Crippen LogP contribution in [0.1, 0.15) is 21.5 Å². The quantitative estimate of drug-likeness (QED) is 0.579. The monoisotopic (exact) mass is 328 g/mol. The van der Waals surface area contributed by atoms with E-state index >= 15 is 0 Å². The molecule has 0 aromatic heterocycles. The molecule has 3 rings (SSSR count). The summed E-state index contributed by atoms with van der Waals surface area (Å²) in [5, 5.41) is 9.15. The molecule has 0 amide bonds. The third kappa shape index (κ3) is 3.36. The first-order valence-corrected chi connectivity index (χ1v) is 7.71. The number of nitriles is 1. The summed E-state index contributed by atoms with van der Waals surface area (Å²) >= 11 is 0. The van der Waals surface area contributed by atoms with Crippen LogP contribution in [-0.4, -0.2) is 12.9 Å². The zero-order valence-electron chi connectivity index (χ0n) is 13.7. The highest BCUT2D eigenvalue weighted by atomic mass is 16.5. The number of benzene rings is 3. The standard InChI is InChI=1S/C21H16N2O2/c1-25-18-10-14(13-22)9-17(11-18)16-7-8-19(20(23)12-16)21(24)15-5-3-2-4-6-15/h2-12H,23H2,1H3. The fourth-order valence-electron chi connectivity index (χ4n) is 2.64. The van der Waals surface area contributed by atoms with Crippen LogP contribution in [0.5, 0.6) is 5.75 Å². The average molecular weight is 328 g/mol. The van der Waals surface area contributed by atoms with Gasteiger partial charge in [0.2, 0.25) is 0 Å². The molecule has 0 aliphatic heterocycles. The first kappa shape index (κ1) is 16.3. The molecule has 0 aliphatic carbocycles. The number of nitrogens with two attached hydrogens (primary N) is 1. The molecule has 2 N–H and O–H groups in total. The van der Waals surface area contributed by atoms with Gasteiger partial charge in [-0.2, -0.15) is 5.26 Å². The van der Waals surface area contributed by atoms with Crippen LogP contribution in [0.2, 0.25) is 0 Å². The number of hydrogen-bond donors (Lipinski definition) is 1. The molecule has 0 saturated heterocycles. The van der Waals surface area contributed by atoms with Gasteiger partial charge in [-0.05, 0) is 41.5 Å². The first-order valence-electron chi connectivity index (χ1n) is 7.71. The summed E-state index contributed by atoms with van der Waals surface area (Å²) in [4.78, 5) is 12.6. The minimum absolute atomic E-state index is 0.118. The Balaban J connectivity index is 2.01. The molecule has 0 unspecified atom stereocenters. The fraction of sp³-hybridized carbons (Fsp3) is 0.0476. The Morgan fingerprint density at radius 1 is 1.00 bits per heavy atom. The first-order chi connectivity index (χ1) is 12.1. The number of carbonyl (C=O) groups excluding carboxylic acids is 1. The third-order valence-corrected chi connectivity index (χ3v) is 3.94. The smallest absolute Gasteiger partial charge is 0.195 e. The number of ether oxygens (including phenoxy) is 1. The van der Waals surface area contributed by atoms with Crippen molar-refractivity contribution < 1.29 is 9.53 Å². The highest BCUT2D eigenvalue weighted by Gasteiger charge is 2.13. The minimum Gasteiger partial charge on any atom is -0.497 e. The van der Waals surface area contributed by atoms with Gasteiger partial charge < -0.3 is 10.5 Å². The predicted molar refractivity (Wildman–Crippen MR) is 97.4 cm³/mol. The van der Waals surface area contributed by atoms with Gasteiger partial charge in [-0.15, -0.1) is 0 Å². The maximum absolute atomic E-state index is 12.6. The largest absolute Gasteiger partial charge is 0.497 e. The lowest BCUT2D eigenvalue weighted by Crippen LogP contribution is -2.05. The lowest BCUT2D eigenvalue weighted by molar-refractivity contribution is 0.103. The van der Waals surface area contributed by atoms with Gasteiger partial charge in [0.25, 0.3) is 0 Å². The van der Waals surface area contributed by atoms with Crippen LogP contribution in [0.3, 0.4) is 0 Å². The Morgan fingerprint density at radius 3 is 2.40 bits per heavy atom.